The summed E-state index contributed by atoms with van der Waals surface area (Å²) in [6.45, 7) is 5.87. The quantitative estimate of drug-likeness (QED) is 0.736. The molecular weight excluding hydrogens is 330 g/mol. The number of benzene rings is 1. The summed E-state index contributed by atoms with van der Waals surface area (Å²) in [5.74, 6) is 1.61. The van der Waals surface area contributed by atoms with E-state index in [0.717, 1.165) is 29.1 Å². The number of nitrogens with one attached hydrogen (secondary N) is 1. The zero-order valence-electron chi connectivity index (χ0n) is 15.5. The molecule has 7 heteroatoms. The van der Waals surface area contributed by atoms with E-state index in [-0.39, 0.29) is 18.4 Å². The average molecular weight is 353 g/mol. The number of nitrogens with zero attached hydrogens (tertiary/aromatic N) is 4. The summed E-state index contributed by atoms with van der Waals surface area (Å²) in [5.41, 5.74) is 2.77. The van der Waals surface area contributed by atoms with Gasteiger partial charge in [-0.1, -0.05) is 25.1 Å². The Morgan fingerprint density at radius 3 is 2.77 bits per heavy atom. The van der Waals surface area contributed by atoms with Gasteiger partial charge in [-0.25, -0.2) is 9.50 Å². The molecule has 3 aromatic rings. The molecule has 0 saturated heterocycles. The fourth-order valence-corrected chi connectivity index (χ4v) is 3.03. The number of methoxy groups -OCH3 is 1. The Morgan fingerprint density at radius 1 is 1.27 bits per heavy atom. The molecule has 0 saturated carbocycles. The summed E-state index contributed by atoms with van der Waals surface area (Å²) in [5, 5.41) is 7.44. The number of hydrogen-bond donors (Lipinski definition) is 1. The first-order valence-corrected chi connectivity index (χ1v) is 8.64. The third-order valence-corrected chi connectivity index (χ3v) is 4.24. The Balaban J connectivity index is 1.76. The number of ether oxygens (including phenoxy) is 1. The molecule has 2 heterocycles. The van der Waals surface area contributed by atoms with E-state index >= 15 is 0 Å². The Kier molecular flexibility index (Phi) is 5.16. The lowest BCUT2D eigenvalue weighted by molar-refractivity contribution is -0.121. The highest BCUT2D eigenvalue weighted by atomic mass is 16.5. The van der Waals surface area contributed by atoms with E-state index in [1.807, 2.05) is 51.1 Å². The lowest BCUT2D eigenvalue weighted by atomic mass is 10.0. The van der Waals surface area contributed by atoms with Gasteiger partial charge < -0.3 is 10.1 Å². The normalized spacial score (nSPS) is 12.2. The Hall–Kier alpha value is -2.96. The number of carbonyl (C=O) groups is 1. The maximum absolute atomic E-state index is 12.5. The van der Waals surface area contributed by atoms with E-state index in [2.05, 4.69) is 20.4 Å². The monoisotopic (exact) mass is 353 g/mol. The molecule has 26 heavy (non-hydrogen) atoms. The molecule has 1 aromatic carbocycles. The molecular formula is C19H23N5O2. The molecule has 1 amide bonds. The zero-order chi connectivity index (χ0) is 18.7. The Morgan fingerprint density at radius 2 is 2.04 bits per heavy atom. The second-order valence-electron chi connectivity index (χ2n) is 6.23. The van der Waals surface area contributed by atoms with Crippen LogP contribution in [0.15, 0.2) is 30.3 Å². The van der Waals surface area contributed by atoms with Crippen LogP contribution in [0.4, 0.5) is 0 Å². The molecule has 3 rings (SSSR count). The summed E-state index contributed by atoms with van der Waals surface area (Å²) in [7, 11) is 1.63. The van der Waals surface area contributed by atoms with Gasteiger partial charge in [-0.15, -0.1) is 5.10 Å². The van der Waals surface area contributed by atoms with E-state index in [0.29, 0.717) is 11.6 Å². The molecule has 0 bridgehead atoms. The second-order valence-corrected chi connectivity index (χ2v) is 6.23. The van der Waals surface area contributed by atoms with Gasteiger partial charge in [0.2, 0.25) is 5.91 Å². The molecule has 1 N–H and O–H groups in total. The molecule has 0 fully saturated rings. The number of aromatic nitrogens is 4. The summed E-state index contributed by atoms with van der Waals surface area (Å²) in [6.07, 6.45) is 0.859. The number of hydrogen-bond acceptors (Lipinski definition) is 5. The van der Waals surface area contributed by atoms with Gasteiger partial charge in [-0.2, -0.15) is 4.98 Å². The fourth-order valence-electron chi connectivity index (χ4n) is 3.03. The number of para-hydroxylation sites is 1. The van der Waals surface area contributed by atoms with Crippen LogP contribution in [0.25, 0.3) is 5.78 Å². The molecule has 136 valence electrons. The second kappa shape index (κ2) is 7.51. The first kappa shape index (κ1) is 17.8. The van der Waals surface area contributed by atoms with Crippen LogP contribution in [-0.2, 0) is 11.2 Å². The van der Waals surface area contributed by atoms with Crippen molar-refractivity contribution in [3.05, 3.63) is 53.1 Å². The van der Waals surface area contributed by atoms with Crippen molar-refractivity contribution in [2.75, 3.05) is 7.11 Å². The molecule has 1 atom stereocenters. The van der Waals surface area contributed by atoms with E-state index in [4.69, 9.17) is 4.74 Å². The van der Waals surface area contributed by atoms with Gasteiger partial charge in [-0.3, -0.25) is 4.79 Å². The largest absolute Gasteiger partial charge is 0.496 e. The van der Waals surface area contributed by atoms with Gasteiger partial charge in [0.15, 0.2) is 5.82 Å². The van der Waals surface area contributed by atoms with Crippen LogP contribution in [0.1, 0.15) is 42.2 Å². The molecule has 0 aliphatic heterocycles. The van der Waals surface area contributed by atoms with E-state index in [9.17, 15) is 4.79 Å². The van der Waals surface area contributed by atoms with Gasteiger partial charge >= 0.3 is 0 Å². The van der Waals surface area contributed by atoms with Crippen LogP contribution in [0.2, 0.25) is 0 Å². The lowest BCUT2D eigenvalue weighted by Crippen LogP contribution is -2.30. The SMILES string of the molecule is CCC(NC(=O)Cc1nc2nc(C)cc(C)n2n1)c1ccccc1OC. The third kappa shape index (κ3) is 3.66. The Labute approximate surface area is 152 Å². The average Bonchev–Trinajstić information content (AvgIpc) is 3.02. The van der Waals surface area contributed by atoms with Crippen molar-refractivity contribution in [3.8, 4) is 5.75 Å². The first-order chi connectivity index (χ1) is 12.5. The summed E-state index contributed by atoms with van der Waals surface area (Å²) >= 11 is 0. The molecule has 7 nitrogen and oxygen atoms in total. The highest BCUT2D eigenvalue weighted by Crippen LogP contribution is 2.26. The van der Waals surface area contributed by atoms with Crippen LogP contribution in [-0.4, -0.2) is 32.6 Å². The van der Waals surface area contributed by atoms with Crippen molar-refractivity contribution < 1.29 is 9.53 Å². The number of rotatable bonds is 6. The van der Waals surface area contributed by atoms with Gasteiger partial charge in [0, 0.05) is 17.0 Å². The molecule has 2 aromatic heterocycles. The topological polar surface area (TPSA) is 81.4 Å². The smallest absolute Gasteiger partial charge is 0.252 e. The number of amides is 1. The first-order valence-electron chi connectivity index (χ1n) is 8.64. The highest BCUT2D eigenvalue weighted by Gasteiger charge is 2.18. The van der Waals surface area contributed by atoms with Gasteiger partial charge in [-0.05, 0) is 32.4 Å². The van der Waals surface area contributed by atoms with E-state index in [1.54, 1.807) is 11.6 Å². The van der Waals surface area contributed by atoms with Crippen LogP contribution in [0, 0.1) is 13.8 Å². The van der Waals surface area contributed by atoms with Crippen molar-refractivity contribution in [2.24, 2.45) is 0 Å². The van der Waals surface area contributed by atoms with Crippen LogP contribution >= 0.6 is 0 Å². The molecule has 0 aliphatic rings. The van der Waals surface area contributed by atoms with E-state index < -0.39 is 0 Å². The van der Waals surface area contributed by atoms with Crippen molar-refractivity contribution in [1.82, 2.24) is 24.9 Å². The van der Waals surface area contributed by atoms with Gasteiger partial charge in [0.1, 0.15) is 5.75 Å². The summed E-state index contributed by atoms with van der Waals surface area (Å²) in [4.78, 5) is 21.2. The molecule has 0 radical (unpaired) electrons. The van der Waals surface area contributed by atoms with E-state index in [1.165, 1.54) is 0 Å². The van der Waals surface area contributed by atoms with Crippen molar-refractivity contribution in [3.63, 3.8) is 0 Å². The van der Waals surface area contributed by atoms with Crippen molar-refractivity contribution in [2.45, 2.75) is 39.7 Å². The van der Waals surface area contributed by atoms with Gasteiger partial charge in [0.05, 0.1) is 19.6 Å². The molecule has 0 aliphatic carbocycles. The maximum atomic E-state index is 12.5. The van der Waals surface area contributed by atoms with Crippen LogP contribution in [0.5, 0.6) is 5.75 Å². The highest BCUT2D eigenvalue weighted by molar-refractivity contribution is 5.78. The predicted octanol–water partition coefficient (Wildman–Crippen LogP) is 2.56. The zero-order valence-corrected chi connectivity index (χ0v) is 15.5. The minimum atomic E-state index is -0.131. The van der Waals surface area contributed by atoms with Crippen molar-refractivity contribution in [1.29, 1.82) is 0 Å². The predicted molar refractivity (Wildman–Crippen MR) is 98.1 cm³/mol. The standard InChI is InChI=1S/C19H23N5O2/c1-5-15(14-8-6-7-9-16(14)26-4)21-18(25)11-17-22-19-20-12(2)10-13(3)24(19)23-17/h6-10,15H,5,11H2,1-4H3,(H,21,25). The number of fused-ring (bicyclic) bond motifs is 1. The lowest BCUT2D eigenvalue weighted by Gasteiger charge is -2.19. The molecule has 1 unspecified atom stereocenters. The van der Waals surface area contributed by atoms with Crippen molar-refractivity contribution >= 4 is 11.7 Å². The summed E-state index contributed by atoms with van der Waals surface area (Å²) in [6, 6.07) is 9.51. The minimum Gasteiger partial charge on any atom is -0.496 e. The third-order valence-electron chi connectivity index (χ3n) is 4.24. The van der Waals surface area contributed by atoms with Crippen LogP contribution < -0.4 is 10.1 Å². The number of carbonyl (C=O) groups excluding carboxylic acids is 1. The maximum Gasteiger partial charge on any atom is 0.252 e. The minimum absolute atomic E-state index is 0.105. The van der Waals surface area contributed by atoms with Crippen LogP contribution in [0.3, 0.4) is 0 Å². The Bertz CT molecular complexity index is 935. The van der Waals surface area contributed by atoms with Gasteiger partial charge in [0.25, 0.3) is 5.78 Å². The molecule has 0 spiro atoms. The summed E-state index contributed by atoms with van der Waals surface area (Å²) < 4.78 is 7.06. The fraction of sp³-hybridized carbons (Fsp3) is 0.368. The number of aryl methyl sites for hydroxylation is 2.